The van der Waals surface area contributed by atoms with Crippen LogP contribution in [0.3, 0.4) is 0 Å². The minimum atomic E-state index is -4.09. The van der Waals surface area contributed by atoms with E-state index in [1.165, 1.54) is 49.8 Å². The summed E-state index contributed by atoms with van der Waals surface area (Å²) in [4.78, 5) is 13.4. The second kappa shape index (κ2) is 10.2. The van der Waals surface area contributed by atoms with E-state index >= 15 is 0 Å². The number of halogens is 1. The molecule has 36 heavy (non-hydrogen) atoms. The molecule has 0 aliphatic rings. The molecular formula is C24H23ClN4O5S2. The fraction of sp³-hybridized carbons (Fsp3) is 0.167. The van der Waals surface area contributed by atoms with Crippen LogP contribution in [0.25, 0.3) is 10.2 Å². The number of methoxy groups -OCH3 is 2. The fourth-order valence-corrected chi connectivity index (χ4v) is 5.81. The zero-order valence-corrected chi connectivity index (χ0v) is 22.2. The Morgan fingerprint density at radius 1 is 1.06 bits per heavy atom. The van der Waals surface area contributed by atoms with Gasteiger partial charge in [0.2, 0.25) is 4.80 Å². The number of thiazole rings is 1. The summed E-state index contributed by atoms with van der Waals surface area (Å²) in [6.07, 6.45) is 0. The summed E-state index contributed by atoms with van der Waals surface area (Å²) >= 11 is 7.59. The highest BCUT2D eigenvalue weighted by atomic mass is 35.5. The minimum Gasteiger partial charge on any atom is -0.495 e. The van der Waals surface area contributed by atoms with E-state index in [0.29, 0.717) is 16.1 Å². The van der Waals surface area contributed by atoms with Crippen molar-refractivity contribution in [3.05, 3.63) is 75.5 Å². The molecule has 1 aromatic heterocycles. The Labute approximate surface area is 217 Å². The molecule has 188 valence electrons. The van der Waals surface area contributed by atoms with Crippen molar-refractivity contribution in [3.63, 3.8) is 0 Å². The molecule has 0 bridgehead atoms. The maximum absolute atomic E-state index is 13.1. The number of anilines is 1. The number of benzene rings is 3. The van der Waals surface area contributed by atoms with E-state index in [-0.39, 0.29) is 26.9 Å². The van der Waals surface area contributed by atoms with Crippen LogP contribution >= 0.6 is 22.9 Å². The second-order valence-corrected chi connectivity index (χ2v) is 10.8. The molecule has 0 fully saturated rings. The molecule has 2 N–H and O–H groups in total. The molecule has 0 aliphatic heterocycles. The molecule has 0 saturated heterocycles. The lowest BCUT2D eigenvalue weighted by Crippen LogP contribution is -2.24. The first-order valence-electron chi connectivity index (χ1n) is 10.6. The van der Waals surface area contributed by atoms with Crippen molar-refractivity contribution in [3.8, 4) is 11.5 Å². The van der Waals surface area contributed by atoms with Crippen LogP contribution in [0.15, 0.2) is 64.6 Å². The Hall–Kier alpha value is -3.54. The molecule has 0 spiro atoms. The number of sulfonamides is 1. The summed E-state index contributed by atoms with van der Waals surface area (Å²) in [6.45, 7) is 1.71. The van der Waals surface area contributed by atoms with Gasteiger partial charge in [0.1, 0.15) is 11.5 Å². The number of hydrogen-bond acceptors (Lipinski definition) is 7. The normalized spacial score (nSPS) is 12.0. The predicted molar refractivity (Wildman–Crippen MR) is 140 cm³/mol. The molecule has 1 amide bonds. The molecule has 4 aromatic rings. The molecule has 0 atom stereocenters. The Bertz CT molecular complexity index is 1640. The molecule has 3 aromatic carbocycles. The molecule has 9 nitrogen and oxygen atoms in total. The van der Waals surface area contributed by atoms with Gasteiger partial charge in [-0.3, -0.25) is 9.52 Å². The van der Waals surface area contributed by atoms with Crippen molar-refractivity contribution in [2.75, 3.05) is 18.9 Å². The van der Waals surface area contributed by atoms with Crippen molar-refractivity contribution < 1.29 is 22.7 Å². The molecule has 0 saturated carbocycles. The van der Waals surface area contributed by atoms with Crippen LogP contribution in [0.1, 0.15) is 15.9 Å². The second-order valence-electron chi connectivity index (χ2n) is 7.73. The number of fused-ring (bicyclic) bond motifs is 1. The van der Waals surface area contributed by atoms with Gasteiger partial charge < -0.3 is 14.0 Å². The van der Waals surface area contributed by atoms with Crippen LogP contribution in [0.5, 0.6) is 11.5 Å². The average molecular weight is 547 g/mol. The van der Waals surface area contributed by atoms with Crippen LogP contribution < -0.4 is 24.4 Å². The average Bonchev–Trinajstić information content (AvgIpc) is 3.18. The van der Waals surface area contributed by atoms with Gasteiger partial charge in [0.15, 0.2) is 0 Å². The summed E-state index contributed by atoms with van der Waals surface area (Å²) in [7, 11) is 0.605. The standard InChI is InChI=1S/C24H23ClN4O5S2/c1-14-9-10-15(36(31,32)28-18-12-17(25)20(33-3)13-21(18)34-4)11-16(14)23(30)26-27-24-29(2)19-7-5-6-8-22(19)35-24/h5-13,28H,1-4H3,(H,26,30). The third-order valence-electron chi connectivity index (χ3n) is 5.45. The Kier molecular flexibility index (Phi) is 7.25. The number of nitrogens with one attached hydrogen (secondary N) is 2. The lowest BCUT2D eigenvalue weighted by molar-refractivity contribution is 0.0952. The van der Waals surface area contributed by atoms with E-state index < -0.39 is 15.9 Å². The van der Waals surface area contributed by atoms with Gasteiger partial charge in [-0.2, -0.15) is 0 Å². The molecule has 4 rings (SSSR count). The predicted octanol–water partition coefficient (Wildman–Crippen LogP) is 4.27. The van der Waals surface area contributed by atoms with Crippen LogP contribution in [0, 0.1) is 6.92 Å². The number of rotatable bonds is 7. The van der Waals surface area contributed by atoms with Gasteiger partial charge in [-0.25, -0.2) is 13.8 Å². The van der Waals surface area contributed by atoms with Gasteiger partial charge in [0.25, 0.3) is 15.9 Å². The highest BCUT2D eigenvalue weighted by molar-refractivity contribution is 7.92. The Balaban J connectivity index is 1.63. The third kappa shape index (κ3) is 5.03. The number of amides is 1. The number of aromatic nitrogens is 1. The highest BCUT2D eigenvalue weighted by Crippen LogP contribution is 2.37. The SMILES string of the molecule is COc1cc(OC)c(NS(=O)(=O)c2ccc(C)c(C(=O)NN=c3sc4ccccc4n3C)c2)cc1Cl. The monoisotopic (exact) mass is 546 g/mol. The van der Waals surface area contributed by atoms with Crippen LogP contribution in [-0.4, -0.2) is 33.1 Å². The molecule has 1 heterocycles. The zero-order valence-electron chi connectivity index (χ0n) is 19.8. The summed E-state index contributed by atoms with van der Waals surface area (Å²) in [5.41, 5.74) is 4.41. The number of ether oxygens (including phenoxy) is 2. The van der Waals surface area contributed by atoms with Crippen LogP contribution in [-0.2, 0) is 17.1 Å². The Morgan fingerprint density at radius 2 is 1.78 bits per heavy atom. The lowest BCUT2D eigenvalue weighted by atomic mass is 10.1. The smallest absolute Gasteiger partial charge is 0.271 e. The number of carbonyl (C=O) groups excluding carboxylic acids is 1. The minimum absolute atomic E-state index is 0.111. The van der Waals surface area contributed by atoms with Crippen molar-refractivity contribution in [2.24, 2.45) is 12.1 Å². The molecule has 0 aliphatic carbocycles. The lowest BCUT2D eigenvalue weighted by Gasteiger charge is -2.15. The van der Waals surface area contributed by atoms with Crippen molar-refractivity contribution in [1.82, 2.24) is 9.99 Å². The number of carbonyl (C=O) groups is 1. The van der Waals surface area contributed by atoms with E-state index in [4.69, 9.17) is 21.1 Å². The zero-order chi connectivity index (χ0) is 26.0. The largest absolute Gasteiger partial charge is 0.495 e. The highest BCUT2D eigenvalue weighted by Gasteiger charge is 2.21. The van der Waals surface area contributed by atoms with Gasteiger partial charge in [0, 0.05) is 18.7 Å². The van der Waals surface area contributed by atoms with Gasteiger partial charge in [-0.1, -0.05) is 41.1 Å². The quantitative estimate of drug-likeness (QED) is 0.336. The molecule has 0 radical (unpaired) electrons. The van der Waals surface area contributed by atoms with E-state index in [9.17, 15) is 13.2 Å². The van der Waals surface area contributed by atoms with Gasteiger partial charge >= 0.3 is 0 Å². The Morgan fingerprint density at radius 3 is 2.47 bits per heavy atom. The van der Waals surface area contributed by atoms with Crippen LogP contribution in [0.2, 0.25) is 5.02 Å². The first-order chi connectivity index (χ1) is 17.1. The maximum Gasteiger partial charge on any atom is 0.271 e. The molecule has 0 unspecified atom stereocenters. The summed E-state index contributed by atoms with van der Waals surface area (Å²) in [5, 5.41) is 4.45. The third-order valence-corrected chi connectivity index (χ3v) is 8.22. The summed E-state index contributed by atoms with van der Waals surface area (Å²) < 4.78 is 42.1. The topological polar surface area (TPSA) is 111 Å². The number of aryl methyl sites for hydroxylation is 2. The molecule has 12 heteroatoms. The van der Waals surface area contributed by atoms with Crippen molar-refractivity contribution in [1.29, 1.82) is 0 Å². The van der Waals surface area contributed by atoms with E-state index in [1.54, 1.807) is 13.0 Å². The van der Waals surface area contributed by atoms with E-state index in [1.807, 2.05) is 35.9 Å². The number of para-hydroxylation sites is 1. The maximum atomic E-state index is 13.1. The first-order valence-corrected chi connectivity index (χ1v) is 13.3. The molecular weight excluding hydrogens is 524 g/mol. The number of hydrogen-bond donors (Lipinski definition) is 2. The van der Waals surface area contributed by atoms with Crippen molar-refractivity contribution >= 4 is 54.8 Å². The van der Waals surface area contributed by atoms with E-state index in [2.05, 4.69) is 15.2 Å². The van der Waals surface area contributed by atoms with Gasteiger partial charge in [-0.15, -0.1) is 5.10 Å². The fourth-order valence-electron chi connectivity index (χ4n) is 3.50. The number of nitrogens with zero attached hydrogens (tertiary/aromatic N) is 2. The van der Waals surface area contributed by atoms with E-state index in [0.717, 1.165) is 10.2 Å². The summed E-state index contributed by atoms with van der Waals surface area (Å²) in [5.74, 6) is 0.0218. The van der Waals surface area contributed by atoms with Gasteiger partial charge in [0.05, 0.1) is 40.0 Å². The first kappa shape index (κ1) is 25.5. The van der Waals surface area contributed by atoms with Crippen molar-refractivity contribution in [2.45, 2.75) is 11.8 Å². The van der Waals surface area contributed by atoms with Gasteiger partial charge in [-0.05, 0) is 42.8 Å². The summed E-state index contributed by atoms with van der Waals surface area (Å²) in [6, 6.07) is 14.9. The van der Waals surface area contributed by atoms with Crippen LogP contribution in [0.4, 0.5) is 5.69 Å².